The van der Waals surface area contributed by atoms with Gasteiger partial charge in [-0.05, 0) is 31.2 Å². The van der Waals surface area contributed by atoms with Crippen molar-refractivity contribution in [2.75, 3.05) is 10.0 Å². The lowest BCUT2D eigenvalue weighted by Crippen LogP contribution is -2.20. The molecule has 1 heterocycles. The number of hydrogen-bond acceptors (Lipinski definition) is 5. The number of rotatable bonds is 6. The second kappa shape index (κ2) is 8.71. The van der Waals surface area contributed by atoms with Crippen LogP contribution in [0.5, 0.6) is 0 Å². The molecule has 6 nitrogen and oxygen atoms in total. The molecule has 156 valence electrons. The molecular weight excluding hydrogens is 430 g/mol. The van der Waals surface area contributed by atoms with Crippen molar-refractivity contribution in [2.24, 2.45) is 0 Å². The van der Waals surface area contributed by atoms with Crippen molar-refractivity contribution < 1.29 is 13.2 Å². The van der Waals surface area contributed by atoms with Gasteiger partial charge in [0, 0.05) is 16.6 Å². The summed E-state index contributed by atoms with van der Waals surface area (Å²) in [6, 6.07) is 22.7. The van der Waals surface area contributed by atoms with Crippen LogP contribution in [0.25, 0.3) is 11.3 Å². The van der Waals surface area contributed by atoms with Crippen molar-refractivity contribution in [2.45, 2.75) is 11.8 Å². The SMILES string of the molecule is Cc1ccc(NS(=O)(=O)c2ccccc2C(=O)Nc2nc(-c3ccccc3)cs2)cc1. The first kappa shape index (κ1) is 20.8. The summed E-state index contributed by atoms with van der Waals surface area (Å²) in [7, 11) is -3.96. The van der Waals surface area contributed by atoms with E-state index in [0.717, 1.165) is 16.8 Å². The van der Waals surface area contributed by atoms with E-state index in [1.165, 1.54) is 23.5 Å². The van der Waals surface area contributed by atoms with E-state index in [-0.39, 0.29) is 10.5 Å². The normalized spacial score (nSPS) is 11.1. The Bertz CT molecular complexity index is 1320. The zero-order valence-corrected chi connectivity index (χ0v) is 18.2. The Balaban J connectivity index is 1.57. The molecule has 4 aromatic rings. The fourth-order valence-corrected chi connectivity index (χ4v) is 4.94. The minimum Gasteiger partial charge on any atom is -0.298 e. The Hall–Kier alpha value is -3.49. The maximum absolute atomic E-state index is 12.9. The summed E-state index contributed by atoms with van der Waals surface area (Å²) in [5.74, 6) is -0.543. The first-order chi connectivity index (χ1) is 14.9. The zero-order chi connectivity index (χ0) is 21.8. The molecule has 3 aromatic carbocycles. The summed E-state index contributed by atoms with van der Waals surface area (Å²) < 4.78 is 28.4. The molecule has 0 radical (unpaired) electrons. The van der Waals surface area contributed by atoms with E-state index in [0.29, 0.717) is 10.8 Å². The van der Waals surface area contributed by atoms with Gasteiger partial charge >= 0.3 is 0 Å². The molecule has 4 rings (SSSR count). The smallest absolute Gasteiger partial charge is 0.262 e. The molecule has 2 N–H and O–H groups in total. The molecule has 0 fully saturated rings. The highest BCUT2D eigenvalue weighted by molar-refractivity contribution is 7.92. The number of nitrogens with one attached hydrogen (secondary N) is 2. The Labute approximate surface area is 184 Å². The van der Waals surface area contributed by atoms with Crippen LogP contribution in [0.4, 0.5) is 10.8 Å². The topological polar surface area (TPSA) is 88.2 Å². The van der Waals surface area contributed by atoms with E-state index in [2.05, 4.69) is 15.0 Å². The maximum Gasteiger partial charge on any atom is 0.262 e. The molecule has 0 aliphatic rings. The minimum atomic E-state index is -3.96. The average Bonchev–Trinajstić information content (AvgIpc) is 3.24. The van der Waals surface area contributed by atoms with Gasteiger partial charge in [0.1, 0.15) is 4.90 Å². The molecule has 1 amide bonds. The van der Waals surface area contributed by atoms with Gasteiger partial charge in [0.2, 0.25) is 0 Å². The fraction of sp³-hybridized carbons (Fsp3) is 0.0435. The zero-order valence-electron chi connectivity index (χ0n) is 16.6. The summed E-state index contributed by atoms with van der Waals surface area (Å²) in [5.41, 5.74) is 3.15. The summed E-state index contributed by atoms with van der Waals surface area (Å²) in [4.78, 5) is 17.2. The summed E-state index contributed by atoms with van der Waals surface area (Å²) in [6.45, 7) is 1.92. The van der Waals surface area contributed by atoms with Gasteiger partial charge in [0.25, 0.3) is 15.9 Å². The van der Waals surface area contributed by atoms with Gasteiger partial charge in [-0.2, -0.15) is 0 Å². The highest BCUT2D eigenvalue weighted by atomic mass is 32.2. The Morgan fingerprint density at radius 3 is 2.32 bits per heavy atom. The van der Waals surface area contributed by atoms with E-state index >= 15 is 0 Å². The molecule has 31 heavy (non-hydrogen) atoms. The number of benzene rings is 3. The van der Waals surface area contributed by atoms with Gasteiger partial charge in [-0.1, -0.05) is 60.2 Å². The van der Waals surface area contributed by atoms with Crippen molar-refractivity contribution in [1.29, 1.82) is 0 Å². The summed E-state index contributed by atoms with van der Waals surface area (Å²) in [6.07, 6.45) is 0. The first-order valence-electron chi connectivity index (χ1n) is 9.43. The number of nitrogens with zero attached hydrogens (tertiary/aromatic N) is 1. The fourth-order valence-electron chi connectivity index (χ4n) is 2.96. The quantitative estimate of drug-likeness (QED) is 0.425. The average molecular weight is 450 g/mol. The Morgan fingerprint density at radius 2 is 1.58 bits per heavy atom. The lowest BCUT2D eigenvalue weighted by Gasteiger charge is -2.12. The Kier molecular flexibility index (Phi) is 5.83. The van der Waals surface area contributed by atoms with Crippen molar-refractivity contribution in [3.8, 4) is 11.3 Å². The van der Waals surface area contributed by atoms with Crippen LogP contribution in [0.1, 0.15) is 15.9 Å². The maximum atomic E-state index is 12.9. The molecule has 0 aliphatic carbocycles. The standard InChI is InChI=1S/C23H19N3O3S2/c1-16-11-13-18(14-12-16)26-31(28,29)21-10-6-5-9-19(21)22(27)25-23-24-20(15-30-23)17-7-3-2-4-8-17/h2-15,26H,1H3,(H,24,25,27). The lowest BCUT2D eigenvalue weighted by molar-refractivity contribution is 0.102. The number of aryl methyl sites for hydroxylation is 1. The third-order valence-electron chi connectivity index (χ3n) is 4.52. The van der Waals surface area contributed by atoms with E-state index in [1.54, 1.807) is 24.3 Å². The summed E-state index contributed by atoms with van der Waals surface area (Å²) >= 11 is 1.28. The van der Waals surface area contributed by atoms with Crippen molar-refractivity contribution >= 4 is 38.1 Å². The number of hydrogen-bond donors (Lipinski definition) is 2. The number of anilines is 2. The van der Waals surface area contributed by atoms with E-state index < -0.39 is 15.9 Å². The predicted molar refractivity (Wildman–Crippen MR) is 124 cm³/mol. The van der Waals surface area contributed by atoms with Crippen LogP contribution in [0.2, 0.25) is 0 Å². The van der Waals surface area contributed by atoms with Crippen LogP contribution >= 0.6 is 11.3 Å². The van der Waals surface area contributed by atoms with Gasteiger partial charge in [-0.25, -0.2) is 13.4 Å². The molecule has 0 unspecified atom stereocenters. The van der Waals surface area contributed by atoms with Gasteiger partial charge in [0.05, 0.1) is 11.3 Å². The van der Waals surface area contributed by atoms with Crippen LogP contribution in [0.3, 0.4) is 0 Å². The number of carbonyl (C=O) groups is 1. The van der Waals surface area contributed by atoms with Crippen LogP contribution in [0, 0.1) is 6.92 Å². The highest BCUT2D eigenvalue weighted by Gasteiger charge is 2.23. The van der Waals surface area contributed by atoms with Crippen LogP contribution in [0.15, 0.2) is 89.1 Å². The van der Waals surface area contributed by atoms with Gasteiger partial charge in [-0.3, -0.25) is 14.8 Å². The predicted octanol–water partition coefficient (Wildman–Crippen LogP) is 5.17. The molecule has 0 aliphatic heterocycles. The molecular formula is C23H19N3O3S2. The molecule has 0 bridgehead atoms. The van der Waals surface area contributed by atoms with Crippen LogP contribution in [-0.4, -0.2) is 19.3 Å². The second-order valence-corrected chi connectivity index (χ2v) is 9.33. The highest BCUT2D eigenvalue weighted by Crippen LogP contribution is 2.26. The molecule has 0 saturated carbocycles. The van der Waals surface area contributed by atoms with Gasteiger partial charge < -0.3 is 0 Å². The van der Waals surface area contributed by atoms with Gasteiger partial charge in [-0.15, -0.1) is 11.3 Å². The van der Waals surface area contributed by atoms with E-state index in [1.807, 2.05) is 54.8 Å². The molecule has 0 atom stereocenters. The number of amides is 1. The van der Waals surface area contributed by atoms with Crippen molar-refractivity contribution in [3.05, 3.63) is 95.4 Å². The van der Waals surface area contributed by atoms with E-state index in [4.69, 9.17) is 0 Å². The first-order valence-corrected chi connectivity index (χ1v) is 11.8. The third kappa shape index (κ3) is 4.82. The van der Waals surface area contributed by atoms with Crippen LogP contribution in [-0.2, 0) is 10.0 Å². The second-order valence-electron chi connectivity index (χ2n) is 6.83. The molecule has 0 saturated heterocycles. The van der Waals surface area contributed by atoms with Crippen molar-refractivity contribution in [1.82, 2.24) is 4.98 Å². The molecule has 8 heteroatoms. The number of aromatic nitrogens is 1. The monoisotopic (exact) mass is 449 g/mol. The molecule has 0 spiro atoms. The summed E-state index contributed by atoms with van der Waals surface area (Å²) in [5, 5.41) is 4.94. The lowest BCUT2D eigenvalue weighted by atomic mass is 10.2. The number of sulfonamides is 1. The van der Waals surface area contributed by atoms with E-state index in [9.17, 15) is 13.2 Å². The third-order valence-corrected chi connectivity index (χ3v) is 6.72. The van der Waals surface area contributed by atoms with Crippen LogP contribution < -0.4 is 10.0 Å². The number of carbonyl (C=O) groups excluding carboxylic acids is 1. The molecule has 1 aromatic heterocycles. The number of thiazole rings is 1. The Morgan fingerprint density at radius 1 is 0.903 bits per heavy atom. The van der Waals surface area contributed by atoms with Gasteiger partial charge in [0.15, 0.2) is 5.13 Å². The van der Waals surface area contributed by atoms with Crippen molar-refractivity contribution in [3.63, 3.8) is 0 Å². The largest absolute Gasteiger partial charge is 0.298 e. The minimum absolute atomic E-state index is 0.0403.